The fourth-order valence-electron chi connectivity index (χ4n) is 6.23. The fraction of sp³-hybridized carbons (Fsp3) is 0.810. The van der Waals surface area contributed by atoms with Crippen molar-refractivity contribution in [1.82, 2.24) is 4.90 Å². The molecular formula is C42H75NO5. The number of aliphatic hydroxyl groups is 1. The molecule has 1 unspecified atom stereocenters. The fourth-order valence-corrected chi connectivity index (χ4v) is 6.23. The average Bonchev–Trinajstić information content (AvgIpc) is 3.07. The van der Waals surface area contributed by atoms with Crippen LogP contribution in [0.25, 0.3) is 0 Å². The normalized spacial score (nSPS) is 12.1. The van der Waals surface area contributed by atoms with Crippen LogP contribution < -0.4 is 0 Å². The number of nitrogens with zero attached hydrogens (tertiary/aromatic N) is 1. The van der Waals surface area contributed by atoms with Crippen molar-refractivity contribution in [2.75, 3.05) is 39.5 Å². The van der Waals surface area contributed by atoms with E-state index in [-0.39, 0.29) is 24.5 Å². The van der Waals surface area contributed by atoms with Crippen molar-refractivity contribution in [2.45, 2.75) is 175 Å². The van der Waals surface area contributed by atoms with Crippen LogP contribution in [0, 0.1) is 5.92 Å². The van der Waals surface area contributed by atoms with Gasteiger partial charge >= 0.3 is 11.9 Å². The third-order valence-electron chi connectivity index (χ3n) is 9.34. The lowest BCUT2D eigenvalue weighted by Gasteiger charge is -2.22. The summed E-state index contributed by atoms with van der Waals surface area (Å²) in [6, 6.07) is 8.37. The van der Waals surface area contributed by atoms with Gasteiger partial charge in [0.1, 0.15) is 0 Å². The van der Waals surface area contributed by atoms with Crippen LogP contribution in [0.3, 0.4) is 0 Å². The highest BCUT2D eigenvalue weighted by Gasteiger charge is 2.16. The Bertz CT molecular complexity index is 887. The topological polar surface area (TPSA) is 76.1 Å². The second kappa shape index (κ2) is 31.1. The molecular weight excluding hydrogens is 598 g/mol. The third-order valence-corrected chi connectivity index (χ3v) is 9.34. The lowest BCUT2D eigenvalue weighted by atomic mass is 9.97. The second-order valence-electron chi connectivity index (χ2n) is 14.5. The largest absolute Gasteiger partial charge is 0.466 e. The first-order valence-corrected chi connectivity index (χ1v) is 20.1. The molecule has 1 rings (SSSR count). The maximum Gasteiger partial charge on any atom is 0.313 e. The number of aliphatic hydroxyl groups excluding tert-OH is 1. The number of unbranched alkanes of at least 4 members (excludes halogenated alkanes) is 16. The first kappa shape index (κ1) is 44.1. The Balaban J connectivity index is 2.09. The van der Waals surface area contributed by atoms with Crippen molar-refractivity contribution in [3.8, 4) is 0 Å². The van der Waals surface area contributed by atoms with Gasteiger partial charge in [-0.3, -0.25) is 9.59 Å². The Hall–Kier alpha value is -1.92. The van der Waals surface area contributed by atoms with Gasteiger partial charge in [-0.1, -0.05) is 129 Å². The van der Waals surface area contributed by atoms with Gasteiger partial charge in [-0.25, -0.2) is 0 Å². The quantitative estimate of drug-likeness (QED) is 0.0591. The van der Waals surface area contributed by atoms with Crippen molar-refractivity contribution in [3.63, 3.8) is 0 Å². The standard InChI is InChI=1S/C42H75NO5/c1-5-6-7-8-9-10-11-12-13-14-16-23-34-47-41(45)25-18-20-31-43(32-21-22-33-44)30-19-15-17-24-35-48-42(46)38(4)40-28-26-39(27-29-40)36-37(2)3/h26-29,37-38,44H,5-25,30-36H2,1-4H3. The molecule has 0 saturated carbocycles. The lowest BCUT2D eigenvalue weighted by Crippen LogP contribution is -2.27. The first-order chi connectivity index (χ1) is 23.4. The summed E-state index contributed by atoms with van der Waals surface area (Å²) < 4.78 is 11.1. The highest BCUT2D eigenvalue weighted by Crippen LogP contribution is 2.19. The molecule has 0 aliphatic rings. The summed E-state index contributed by atoms with van der Waals surface area (Å²) in [6.45, 7) is 12.9. The van der Waals surface area contributed by atoms with Gasteiger partial charge < -0.3 is 19.5 Å². The van der Waals surface area contributed by atoms with Crippen molar-refractivity contribution < 1.29 is 24.2 Å². The van der Waals surface area contributed by atoms with Crippen LogP contribution in [0.1, 0.15) is 180 Å². The van der Waals surface area contributed by atoms with Crippen LogP contribution in [-0.4, -0.2) is 61.4 Å². The molecule has 0 spiro atoms. The molecule has 1 N–H and O–H groups in total. The lowest BCUT2D eigenvalue weighted by molar-refractivity contribution is -0.145. The van der Waals surface area contributed by atoms with Crippen LogP contribution >= 0.6 is 0 Å². The first-order valence-electron chi connectivity index (χ1n) is 20.1. The molecule has 1 aromatic rings. The number of benzene rings is 1. The number of rotatable bonds is 33. The molecule has 0 amide bonds. The molecule has 0 aromatic heterocycles. The van der Waals surface area contributed by atoms with Gasteiger partial charge in [-0.2, -0.15) is 0 Å². The van der Waals surface area contributed by atoms with Gasteiger partial charge in [-0.05, 0) is 95.0 Å². The van der Waals surface area contributed by atoms with E-state index in [0.717, 1.165) is 95.8 Å². The van der Waals surface area contributed by atoms with Gasteiger partial charge in [0.25, 0.3) is 0 Å². The zero-order valence-corrected chi connectivity index (χ0v) is 31.8. The smallest absolute Gasteiger partial charge is 0.313 e. The predicted molar refractivity (Wildman–Crippen MR) is 201 cm³/mol. The molecule has 6 nitrogen and oxygen atoms in total. The van der Waals surface area contributed by atoms with E-state index in [1.54, 1.807) is 0 Å². The van der Waals surface area contributed by atoms with E-state index < -0.39 is 0 Å². The Morgan fingerprint density at radius 1 is 0.625 bits per heavy atom. The van der Waals surface area contributed by atoms with E-state index in [4.69, 9.17) is 9.47 Å². The summed E-state index contributed by atoms with van der Waals surface area (Å²) in [5.41, 5.74) is 2.32. The second-order valence-corrected chi connectivity index (χ2v) is 14.5. The molecule has 0 radical (unpaired) electrons. The summed E-state index contributed by atoms with van der Waals surface area (Å²) in [6.07, 6.45) is 25.1. The molecule has 0 fully saturated rings. The molecule has 0 saturated heterocycles. The molecule has 1 aromatic carbocycles. The summed E-state index contributed by atoms with van der Waals surface area (Å²) in [5.74, 6) is 0.176. The number of carbonyl (C=O) groups excluding carboxylic acids is 2. The molecule has 1 atom stereocenters. The zero-order valence-electron chi connectivity index (χ0n) is 31.8. The summed E-state index contributed by atoms with van der Waals surface area (Å²) in [4.78, 5) is 27.2. The Morgan fingerprint density at radius 2 is 1.10 bits per heavy atom. The van der Waals surface area contributed by atoms with Crippen molar-refractivity contribution >= 4 is 11.9 Å². The van der Waals surface area contributed by atoms with Gasteiger partial charge in [-0.15, -0.1) is 0 Å². The Labute approximate surface area is 296 Å². The Kier molecular flexibility index (Phi) is 28.6. The SMILES string of the molecule is CCCCCCCCCCCCCCOC(=O)CCCCN(CCCCO)CCCCCCOC(=O)C(C)c1ccc(CC(C)C)cc1. The minimum absolute atomic E-state index is 0.0560. The number of hydrogen-bond donors (Lipinski definition) is 1. The summed E-state index contributed by atoms with van der Waals surface area (Å²) in [7, 11) is 0. The average molecular weight is 674 g/mol. The molecule has 0 heterocycles. The zero-order chi connectivity index (χ0) is 35.1. The highest BCUT2D eigenvalue weighted by atomic mass is 16.5. The monoisotopic (exact) mass is 674 g/mol. The maximum atomic E-state index is 12.6. The number of hydrogen-bond acceptors (Lipinski definition) is 6. The van der Waals surface area contributed by atoms with Crippen LogP contribution in [0.15, 0.2) is 24.3 Å². The van der Waals surface area contributed by atoms with E-state index in [2.05, 4.69) is 49.9 Å². The molecule has 0 aliphatic heterocycles. The van der Waals surface area contributed by atoms with E-state index in [0.29, 0.717) is 25.6 Å². The van der Waals surface area contributed by atoms with Crippen LogP contribution in [0.2, 0.25) is 0 Å². The van der Waals surface area contributed by atoms with Crippen LogP contribution in [0.5, 0.6) is 0 Å². The molecule has 0 bridgehead atoms. The minimum Gasteiger partial charge on any atom is -0.466 e. The molecule has 0 aliphatic carbocycles. The van der Waals surface area contributed by atoms with E-state index in [1.807, 2.05) is 6.92 Å². The molecule has 6 heteroatoms. The van der Waals surface area contributed by atoms with Crippen molar-refractivity contribution in [1.29, 1.82) is 0 Å². The third kappa shape index (κ3) is 25.1. The minimum atomic E-state index is -0.244. The Morgan fingerprint density at radius 3 is 1.65 bits per heavy atom. The maximum absolute atomic E-state index is 12.6. The summed E-state index contributed by atoms with van der Waals surface area (Å²) in [5, 5.41) is 9.22. The van der Waals surface area contributed by atoms with Gasteiger partial charge in [0, 0.05) is 13.0 Å². The van der Waals surface area contributed by atoms with Gasteiger partial charge in [0.15, 0.2) is 0 Å². The highest BCUT2D eigenvalue weighted by molar-refractivity contribution is 5.77. The number of esters is 2. The van der Waals surface area contributed by atoms with Gasteiger partial charge in [0.2, 0.25) is 0 Å². The predicted octanol–water partition coefficient (Wildman–Crippen LogP) is 10.6. The van der Waals surface area contributed by atoms with E-state index in [1.165, 1.54) is 69.8 Å². The van der Waals surface area contributed by atoms with Crippen molar-refractivity contribution in [2.24, 2.45) is 5.92 Å². The van der Waals surface area contributed by atoms with E-state index in [9.17, 15) is 14.7 Å². The molecule has 278 valence electrons. The van der Waals surface area contributed by atoms with Crippen molar-refractivity contribution in [3.05, 3.63) is 35.4 Å². The van der Waals surface area contributed by atoms with Crippen LogP contribution in [-0.2, 0) is 25.5 Å². The number of ether oxygens (including phenoxy) is 2. The number of carbonyl (C=O) groups is 2. The molecule has 48 heavy (non-hydrogen) atoms. The summed E-state index contributed by atoms with van der Waals surface area (Å²) >= 11 is 0. The van der Waals surface area contributed by atoms with E-state index >= 15 is 0 Å². The van der Waals surface area contributed by atoms with Crippen LogP contribution in [0.4, 0.5) is 0 Å². The van der Waals surface area contributed by atoms with Gasteiger partial charge in [0.05, 0.1) is 19.1 Å².